The third kappa shape index (κ3) is 3.85. The third-order valence-corrected chi connectivity index (χ3v) is 5.50. The van der Waals surface area contributed by atoms with E-state index in [1.807, 2.05) is 0 Å². The molecule has 0 aromatic carbocycles. The Kier molecular flexibility index (Phi) is 5.03. The van der Waals surface area contributed by atoms with Gasteiger partial charge in [-0.25, -0.2) is 0 Å². The molecule has 4 nitrogen and oxygen atoms in total. The number of aryl methyl sites for hydroxylation is 1. The molecule has 0 unspecified atom stereocenters. The topological polar surface area (TPSA) is 72.2 Å². The molecular formula is C15H19F3N2O2S. The minimum Gasteiger partial charge on any atom is -0.365 e. The number of hydrogen-bond donors (Lipinski definition) is 2. The van der Waals surface area contributed by atoms with E-state index in [0.29, 0.717) is 23.4 Å². The fraction of sp³-hybridized carbons (Fsp3) is 0.600. The van der Waals surface area contributed by atoms with Crippen molar-refractivity contribution in [2.45, 2.75) is 45.7 Å². The van der Waals surface area contributed by atoms with Crippen LogP contribution in [0.4, 0.5) is 18.2 Å². The first kappa shape index (κ1) is 17.8. The summed E-state index contributed by atoms with van der Waals surface area (Å²) in [5, 5.41) is 2.93. The zero-order valence-electron chi connectivity index (χ0n) is 12.9. The van der Waals surface area contributed by atoms with Crippen LogP contribution in [0.15, 0.2) is 0 Å². The molecule has 2 amide bonds. The molecule has 0 bridgehead atoms. The summed E-state index contributed by atoms with van der Waals surface area (Å²) in [4.78, 5) is 24.7. The average Bonchev–Trinajstić information content (AvgIpc) is 2.73. The van der Waals surface area contributed by atoms with E-state index in [2.05, 4.69) is 5.32 Å². The number of halogens is 3. The van der Waals surface area contributed by atoms with E-state index in [9.17, 15) is 22.8 Å². The molecule has 3 N–H and O–H groups in total. The number of carbonyl (C=O) groups excluding carboxylic acids is 2. The summed E-state index contributed by atoms with van der Waals surface area (Å²) in [6.07, 6.45) is -3.61. The molecule has 8 heteroatoms. The molecule has 1 aromatic rings. The average molecular weight is 348 g/mol. The number of nitrogens with one attached hydrogen (secondary N) is 1. The van der Waals surface area contributed by atoms with Gasteiger partial charge < -0.3 is 11.1 Å². The van der Waals surface area contributed by atoms with Crippen LogP contribution in [-0.2, 0) is 4.79 Å². The van der Waals surface area contributed by atoms with E-state index < -0.39 is 29.8 Å². The minimum absolute atomic E-state index is 0.0665. The molecule has 2 atom stereocenters. The smallest absolute Gasteiger partial charge is 0.365 e. The highest BCUT2D eigenvalue weighted by Gasteiger charge is 2.43. The fourth-order valence-electron chi connectivity index (χ4n) is 2.95. The number of hydrogen-bond acceptors (Lipinski definition) is 3. The van der Waals surface area contributed by atoms with Gasteiger partial charge in [-0.3, -0.25) is 9.59 Å². The molecular weight excluding hydrogens is 329 g/mol. The lowest BCUT2D eigenvalue weighted by Gasteiger charge is -2.29. The van der Waals surface area contributed by atoms with Crippen LogP contribution in [0, 0.1) is 25.7 Å². The largest absolute Gasteiger partial charge is 0.391 e. The molecule has 2 rings (SSSR count). The zero-order valence-corrected chi connectivity index (χ0v) is 13.7. The van der Waals surface area contributed by atoms with Gasteiger partial charge in [0.15, 0.2) is 0 Å². The predicted molar refractivity (Wildman–Crippen MR) is 82.4 cm³/mol. The van der Waals surface area contributed by atoms with Gasteiger partial charge in [0.25, 0.3) is 5.91 Å². The molecule has 0 radical (unpaired) electrons. The van der Waals surface area contributed by atoms with Crippen molar-refractivity contribution in [3.63, 3.8) is 0 Å². The Bertz CT molecular complexity index is 625. The second-order valence-electron chi connectivity index (χ2n) is 5.94. The molecule has 1 fully saturated rings. The maximum absolute atomic E-state index is 12.8. The highest BCUT2D eigenvalue weighted by atomic mass is 32.1. The second-order valence-corrected chi connectivity index (χ2v) is 7.17. The Morgan fingerprint density at radius 2 is 1.91 bits per heavy atom. The van der Waals surface area contributed by atoms with Crippen molar-refractivity contribution in [3.8, 4) is 0 Å². The van der Waals surface area contributed by atoms with Crippen molar-refractivity contribution in [2.75, 3.05) is 5.32 Å². The number of alkyl halides is 3. The van der Waals surface area contributed by atoms with Crippen molar-refractivity contribution < 1.29 is 22.8 Å². The summed E-state index contributed by atoms with van der Waals surface area (Å²) in [5.41, 5.74) is 6.26. The SMILES string of the molecule is Cc1sc(NC(=O)[C@@H]2CCC[C@H](C(F)(F)F)C2)c(C(N)=O)c1C. The van der Waals surface area contributed by atoms with Gasteiger partial charge in [-0.2, -0.15) is 13.2 Å². The van der Waals surface area contributed by atoms with Crippen molar-refractivity contribution in [1.29, 1.82) is 0 Å². The Hall–Kier alpha value is -1.57. The summed E-state index contributed by atoms with van der Waals surface area (Å²) < 4.78 is 38.5. The van der Waals surface area contributed by atoms with E-state index in [-0.39, 0.29) is 18.4 Å². The number of primary amides is 1. The number of anilines is 1. The van der Waals surface area contributed by atoms with Crippen molar-refractivity contribution in [3.05, 3.63) is 16.0 Å². The molecule has 128 valence electrons. The molecule has 1 aliphatic carbocycles. The quantitative estimate of drug-likeness (QED) is 0.873. The van der Waals surface area contributed by atoms with Crippen LogP contribution in [0.3, 0.4) is 0 Å². The summed E-state index contributed by atoms with van der Waals surface area (Å²) >= 11 is 1.21. The van der Waals surface area contributed by atoms with Crippen LogP contribution in [-0.4, -0.2) is 18.0 Å². The van der Waals surface area contributed by atoms with Gasteiger partial charge in [-0.05, 0) is 38.7 Å². The van der Waals surface area contributed by atoms with Crippen molar-refractivity contribution in [2.24, 2.45) is 17.6 Å². The van der Waals surface area contributed by atoms with Crippen LogP contribution < -0.4 is 11.1 Å². The van der Waals surface area contributed by atoms with Crippen LogP contribution in [0.1, 0.15) is 46.5 Å². The number of nitrogens with two attached hydrogens (primary N) is 1. The molecule has 0 aliphatic heterocycles. The summed E-state index contributed by atoms with van der Waals surface area (Å²) in [5.74, 6) is -3.25. The predicted octanol–water partition coefficient (Wildman–Crippen LogP) is 3.77. The number of rotatable bonds is 3. The van der Waals surface area contributed by atoms with E-state index in [1.165, 1.54) is 11.3 Å². The lowest BCUT2D eigenvalue weighted by atomic mass is 9.80. The first-order valence-corrected chi connectivity index (χ1v) is 8.20. The normalized spacial score (nSPS) is 22.0. The van der Waals surface area contributed by atoms with Crippen LogP contribution in [0.5, 0.6) is 0 Å². The molecule has 1 aromatic heterocycles. The first-order valence-electron chi connectivity index (χ1n) is 7.38. The minimum atomic E-state index is -4.27. The van der Waals surface area contributed by atoms with E-state index in [1.54, 1.807) is 13.8 Å². The van der Waals surface area contributed by atoms with Gasteiger partial charge in [-0.1, -0.05) is 6.42 Å². The first-order chi connectivity index (χ1) is 10.6. The van der Waals surface area contributed by atoms with Gasteiger partial charge >= 0.3 is 6.18 Å². The Morgan fingerprint density at radius 3 is 2.48 bits per heavy atom. The molecule has 0 spiro atoms. The second kappa shape index (κ2) is 6.51. The van der Waals surface area contributed by atoms with Gasteiger partial charge in [0.05, 0.1) is 11.5 Å². The monoisotopic (exact) mass is 348 g/mol. The van der Waals surface area contributed by atoms with E-state index >= 15 is 0 Å². The van der Waals surface area contributed by atoms with E-state index in [4.69, 9.17) is 5.73 Å². The highest BCUT2D eigenvalue weighted by molar-refractivity contribution is 7.16. The van der Waals surface area contributed by atoms with Crippen LogP contribution >= 0.6 is 11.3 Å². The summed E-state index contributed by atoms with van der Waals surface area (Å²) in [7, 11) is 0. The molecule has 1 saturated carbocycles. The summed E-state index contributed by atoms with van der Waals surface area (Å²) in [6, 6.07) is 0. The Morgan fingerprint density at radius 1 is 1.26 bits per heavy atom. The van der Waals surface area contributed by atoms with Gasteiger partial charge in [0.1, 0.15) is 5.00 Å². The van der Waals surface area contributed by atoms with E-state index in [0.717, 1.165) is 4.88 Å². The lowest BCUT2D eigenvalue weighted by molar-refractivity contribution is -0.185. The van der Waals surface area contributed by atoms with Crippen molar-refractivity contribution in [1.82, 2.24) is 0 Å². The number of thiophene rings is 1. The molecule has 23 heavy (non-hydrogen) atoms. The van der Waals surface area contributed by atoms with Gasteiger partial charge in [0, 0.05) is 10.8 Å². The highest BCUT2D eigenvalue weighted by Crippen LogP contribution is 2.41. The number of carbonyl (C=O) groups is 2. The van der Waals surface area contributed by atoms with Gasteiger partial charge in [-0.15, -0.1) is 11.3 Å². The van der Waals surface area contributed by atoms with Gasteiger partial charge in [0.2, 0.25) is 5.91 Å². The fourth-order valence-corrected chi connectivity index (χ4v) is 4.02. The van der Waals surface area contributed by atoms with Crippen LogP contribution in [0.2, 0.25) is 0 Å². The zero-order chi connectivity index (χ0) is 17.4. The Balaban J connectivity index is 2.14. The Labute approximate surface area is 136 Å². The standard InChI is InChI=1S/C15H19F3N2O2S/c1-7-8(2)23-14(11(7)12(19)21)20-13(22)9-4-3-5-10(6-9)15(16,17)18/h9-10H,3-6H2,1-2H3,(H2,19,21)(H,20,22)/t9-,10+/m1/s1. The third-order valence-electron chi connectivity index (χ3n) is 4.38. The lowest BCUT2D eigenvalue weighted by Crippen LogP contribution is -2.34. The number of amides is 2. The maximum atomic E-state index is 12.8. The van der Waals surface area contributed by atoms with Crippen LogP contribution in [0.25, 0.3) is 0 Å². The molecule has 1 aliphatic rings. The van der Waals surface area contributed by atoms with Crippen molar-refractivity contribution >= 4 is 28.2 Å². The maximum Gasteiger partial charge on any atom is 0.391 e. The molecule has 0 saturated heterocycles. The molecule has 1 heterocycles. The summed E-state index contributed by atoms with van der Waals surface area (Å²) in [6.45, 7) is 3.52.